The van der Waals surface area contributed by atoms with Crippen LogP contribution in [0, 0.1) is 11.3 Å². The summed E-state index contributed by atoms with van der Waals surface area (Å²) in [6, 6.07) is 0.484. The smallest absolute Gasteiger partial charge is 0.185 e. The van der Waals surface area contributed by atoms with Gasteiger partial charge in [0.05, 0.1) is 5.69 Å². The molecule has 1 unspecified atom stereocenters. The monoisotopic (exact) mass is 309 g/mol. The summed E-state index contributed by atoms with van der Waals surface area (Å²) >= 11 is 1.91. The highest BCUT2D eigenvalue weighted by molar-refractivity contribution is 7.15. The van der Waals surface area contributed by atoms with Crippen LogP contribution in [-0.2, 0) is 6.42 Å². The number of thiazole rings is 1. The number of nitrogens with zero attached hydrogens (tertiary/aromatic N) is 2. The van der Waals surface area contributed by atoms with Crippen molar-refractivity contribution in [3.8, 4) is 0 Å². The van der Waals surface area contributed by atoms with E-state index in [1.807, 2.05) is 11.3 Å². The molecular formula is C17H31N3S. The van der Waals surface area contributed by atoms with Crippen molar-refractivity contribution in [1.29, 1.82) is 0 Å². The molecule has 1 aromatic heterocycles. The Morgan fingerprint density at radius 3 is 2.67 bits per heavy atom. The number of rotatable bonds is 6. The van der Waals surface area contributed by atoms with Crippen molar-refractivity contribution in [3.63, 3.8) is 0 Å². The zero-order valence-electron chi connectivity index (χ0n) is 14.5. The van der Waals surface area contributed by atoms with Crippen LogP contribution in [-0.4, -0.2) is 24.6 Å². The molecule has 0 spiro atoms. The molecule has 1 atom stereocenters. The van der Waals surface area contributed by atoms with Gasteiger partial charge in [0.15, 0.2) is 5.13 Å². The highest BCUT2D eigenvalue weighted by Gasteiger charge is 2.35. The van der Waals surface area contributed by atoms with Gasteiger partial charge in [-0.05, 0) is 37.6 Å². The van der Waals surface area contributed by atoms with E-state index < -0.39 is 0 Å². The van der Waals surface area contributed by atoms with E-state index >= 15 is 0 Å². The summed E-state index contributed by atoms with van der Waals surface area (Å²) in [4.78, 5) is 8.92. The van der Waals surface area contributed by atoms with Crippen molar-refractivity contribution in [2.75, 3.05) is 24.5 Å². The maximum Gasteiger partial charge on any atom is 0.185 e. The Hall–Kier alpha value is -0.610. The number of hydrogen-bond donors (Lipinski definition) is 1. The molecule has 0 amide bonds. The molecule has 4 heteroatoms. The third kappa shape index (κ3) is 3.98. The third-order valence-electron chi connectivity index (χ3n) is 4.12. The molecular weight excluding hydrogens is 278 g/mol. The molecule has 1 N–H and O–H groups in total. The van der Waals surface area contributed by atoms with E-state index in [1.54, 1.807) is 0 Å². The summed E-state index contributed by atoms with van der Waals surface area (Å²) in [5, 5.41) is 4.88. The normalized spacial score (nSPS) is 20.6. The second-order valence-electron chi connectivity index (χ2n) is 7.40. The number of anilines is 1. The first kappa shape index (κ1) is 16.8. The van der Waals surface area contributed by atoms with Crippen molar-refractivity contribution in [2.45, 2.75) is 60.4 Å². The molecule has 0 saturated heterocycles. The number of hydrogen-bond acceptors (Lipinski definition) is 4. The quantitative estimate of drug-likeness (QED) is 0.851. The first-order valence-corrected chi connectivity index (χ1v) is 9.15. The van der Waals surface area contributed by atoms with Gasteiger partial charge in [0.25, 0.3) is 0 Å². The first-order chi connectivity index (χ1) is 9.86. The van der Waals surface area contributed by atoms with Gasteiger partial charge in [-0.3, -0.25) is 0 Å². The van der Waals surface area contributed by atoms with Crippen LogP contribution in [0.2, 0.25) is 0 Å². The lowest BCUT2D eigenvalue weighted by molar-refractivity contribution is 0.260. The van der Waals surface area contributed by atoms with Crippen molar-refractivity contribution in [2.24, 2.45) is 11.3 Å². The number of nitrogens with one attached hydrogen (secondary N) is 1. The van der Waals surface area contributed by atoms with Crippen LogP contribution in [0.5, 0.6) is 0 Å². The predicted octanol–water partition coefficient (Wildman–Crippen LogP) is 4.25. The third-order valence-corrected chi connectivity index (χ3v) is 5.40. The van der Waals surface area contributed by atoms with E-state index in [4.69, 9.17) is 4.98 Å². The maximum absolute atomic E-state index is 5.01. The Bertz CT molecular complexity index is 465. The van der Waals surface area contributed by atoms with Gasteiger partial charge < -0.3 is 10.2 Å². The lowest BCUT2D eigenvalue weighted by Gasteiger charge is -2.34. The van der Waals surface area contributed by atoms with Gasteiger partial charge in [0, 0.05) is 24.0 Å². The second-order valence-corrected chi connectivity index (χ2v) is 8.40. The molecule has 0 fully saturated rings. The van der Waals surface area contributed by atoms with Crippen LogP contribution in [0.15, 0.2) is 0 Å². The van der Waals surface area contributed by atoms with Crippen LogP contribution in [0.25, 0.3) is 0 Å². The minimum Gasteiger partial charge on any atom is -0.348 e. The molecule has 0 bridgehead atoms. The van der Waals surface area contributed by atoms with Gasteiger partial charge in [-0.15, -0.1) is 0 Å². The zero-order chi connectivity index (χ0) is 15.6. The van der Waals surface area contributed by atoms with Gasteiger partial charge in [0.1, 0.15) is 0 Å². The fourth-order valence-electron chi connectivity index (χ4n) is 3.25. The summed E-state index contributed by atoms with van der Waals surface area (Å²) in [6.07, 6.45) is 2.33. The number of aromatic nitrogens is 1. The lowest BCUT2D eigenvalue weighted by Crippen LogP contribution is -2.32. The van der Waals surface area contributed by atoms with Gasteiger partial charge in [0.2, 0.25) is 0 Å². The van der Waals surface area contributed by atoms with E-state index in [1.165, 1.54) is 22.1 Å². The van der Waals surface area contributed by atoms with Crippen LogP contribution in [0.3, 0.4) is 0 Å². The van der Waals surface area contributed by atoms with Crippen LogP contribution in [0.1, 0.15) is 64.6 Å². The van der Waals surface area contributed by atoms with Gasteiger partial charge >= 0.3 is 0 Å². The fraction of sp³-hybridized carbons (Fsp3) is 0.824. The predicted molar refractivity (Wildman–Crippen MR) is 93.4 cm³/mol. The fourth-order valence-corrected chi connectivity index (χ4v) is 4.48. The summed E-state index contributed by atoms with van der Waals surface area (Å²) in [5.74, 6) is 0.673. The summed E-state index contributed by atoms with van der Waals surface area (Å²) < 4.78 is 0. The van der Waals surface area contributed by atoms with Crippen molar-refractivity contribution >= 4 is 16.5 Å². The average molecular weight is 310 g/mol. The molecule has 3 nitrogen and oxygen atoms in total. The molecule has 1 heterocycles. The standard InChI is InChI=1S/C17H31N3S/c1-7-18-13-9-17(5,6)10-14-15(13)21-16(19-14)20(8-2)11-12(3)4/h12-13,18H,7-11H2,1-6H3. The molecule has 1 aromatic rings. The summed E-state index contributed by atoms with van der Waals surface area (Å²) in [7, 11) is 0. The Kier molecular flexibility index (Phi) is 5.31. The van der Waals surface area contributed by atoms with Crippen molar-refractivity contribution in [1.82, 2.24) is 10.3 Å². The molecule has 2 rings (SSSR count). The van der Waals surface area contributed by atoms with E-state index in [-0.39, 0.29) is 0 Å². The van der Waals surface area contributed by atoms with E-state index in [2.05, 4.69) is 51.8 Å². The minimum atomic E-state index is 0.347. The second kappa shape index (κ2) is 6.66. The maximum atomic E-state index is 5.01. The van der Waals surface area contributed by atoms with Crippen LogP contribution < -0.4 is 10.2 Å². The summed E-state index contributed by atoms with van der Waals surface area (Å²) in [5.41, 5.74) is 1.68. The van der Waals surface area contributed by atoms with Crippen LogP contribution >= 0.6 is 11.3 Å². The van der Waals surface area contributed by atoms with E-state index in [9.17, 15) is 0 Å². The minimum absolute atomic E-state index is 0.347. The van der Waals surface area contributed by atoms with Crippen molar-refractivity contribution < 1.29 is 0 Å². The SMILES string of the molecule is CCNC1CC(C)(C)Cc2nc(N(CC)CC(C)C)sc21. The highest BCUT2D eigenvalue weighted by Crippen LogP contribution is 2.44. The molecule has 0 aromatic carbocycles. The molecule has 1 aliphatic rings. The Morgan fingerprint density at radius 2 is 2.10 bits per heavy atom. The Labute approximate surface area is 134 Å². The first-order valence-electron chi connectivity index (χ1n) is 8.34. The molecule has 120 valence electrons. The largest absolute Gasteiger partial charge is 0.348 e. The van der Waals surface area contributed by atoms with E-state index in [0.717, 1.165) is 26.1 Å². The number of fused-ring (bicyclic) bond motifs is 1. The molecule has 0 aliphatic heterocycles. The lowest BCUT2D eigenvalue weighted by atomic mass is 9.76. The van der Waals surface area contributed by atoms with E-state index in [0.29, 0.717) is 17.4 Å². The molecule has 1 aliphatic carbocycles. The van der Waals surface area contributed by atoms with Gasteiger partial charge in [-0.2, -0.15) is 0 Å². The zero-order valence-corrected chi connectivity index (χ0v) is 15.3. The van der Waals surface area contributed by atoms with Gasteiger partial charge in [-0.1, -0.05) is 46.0 Å². The Morgan fingerprint density at radius 1 is 1.38 bits per heavy atom. The van der Waals surface area contributed by atoms with Gasteiger partial charge in [-0.25, -0.2) is 4.98 Å². The van der Waals surface area contributed by atoms with Crippen LogP contribution in [0.4, 0.5) is 5.13 Å². The topological polar surface area (TPSA) is 28.2 Å². The molecule has 0 saturated carbocycles. The molecule has 21 heavy (non-hydrogen) atoms. The summed E-state index contributed by atoms with van der Waals surface area (Å²) in [6.45, 7) is 16.9. The highest BCUT2D eigenvalue weighted by atomic mass is 32.1. The average Bonchev–Trinajstić information content (AvgIpc) is 2.78. The molecule has 0 radical (unpaired) electrons. The van der Waals surface area contributed by atoms with Crippen molar-refractivity contribution in [3.05, 3.63) is 10.6 Å². The Balaban J connectivity index is 2.29.